The average molecular weight is 277 g/mol. The number of carbonyl (C=O) groups is 1. The molecule has 1 aromatic rings. The Labute approximate surface area is 122 Å². The Morgan fingerprint density at radius 2 is 2.05 bits per heavy atom. The van der Waals surface area contributed by atoms with Crippen molar-refractivity contribution in [3.63, 3.8) is 0 Å². The first kappa shape index (κ1) is 16.5. The van der Waals surface area contributed by atoms with Crippen molar-refractivity contribution in [3.05, 3.63) is 29.8 Å². The molecule has 0 spiro atoms. The zero-order chi connectivity index (χ0) is 15.0. The summed E-state index contributed by atoms with van der Waals surface area (Å²) in [5, 5.41) is 0. The van der Waals surface area contributed by atoms with E-state index in [0.29, 0.717) is 6.42 Å². The van der Waals surface area contributed by atoms with Gasteiger partial charge in [0.2, 0.25) is 5.91 Å². The summed E-state index contributed by atoms with van der Waals surface area (Å²) < 4.78 is 5.25. The number of rotatable bonds is 8. The Morgan fingerprint density at radius 3 is 2.65 bits per heavy atom. The van der Waals surface area contributed by atoms with Crippen molar-refractivity contribution in [2.45, 2.75) is 52.5 Å². The van der Waals surface area contributed by atoms with Gasteiger partial charge in [0.25, 0.3) is 0 Å². The number of benzene rings is 1. The molecular formula is C17H27NO2. The van der Waals surface area contributed by atoms with Gasteiger partial charge in [-0.15, -0.1) is 0 Å². The molecule has 0 heterocycles. The molecule has 20 heavy (non-hydrogen) atoms. The van der Waals surface area contributed by atoms with Crippen LogP contribution in [0.5, 0.6) is 5.75 Å². The summed E-state index contributed by atoms with van der Waals surface area (Å²) in [6.07, 6.45) is 3.90. The third-order valence-electron chi connectivity index (χ3n) is 3.70. The van der Waals surface area contributed by atoms with Crippen LogP contribution in [-0.4, -0.2) is 24.5 Å². The van der Waals surface area contributed by atoms with Crippen molar-refractivity contribution in [1.29, 1.82) is 0 Å². The summed E-state index contributed by atoms with van der Waals surface area (Å²) in [6.45, 7) is 7.01. The van der Waals surface area contributed by atoms with E-state index in [2.05, 4.69) is 19.9 Å². The van der Waals surface area contributed by atoms with Gasteiger partial charge in [-0.2, -0.15) is 0 Å². The first-order valence-corrected chi connectivity index (χ1v) is 7.57. The summed E-state index contributed by atoms with van der Waals surface area (Å²) in [4.78, 5) is 14.3. The molecule has 1 amide bonds. The second-order valence-electron chi connectivity index (χ2n) is 5.09. The van der Waals surface area contributed by atoms with E-state index >= 15 is 0 Å². The first-order valence-electron chi connectivity index (χ1n) is 7.57. The maximum absolute atomic E-state index is 12.3. The lowest BCUT2D eigenvalue weighted by atomic mass is 10.1. The Balaban J connectivity index is 2.74. The van der Waals surface area contributed by atoms with E-state index in [9.17, 15) is 4.79 Å². The number of hydrogen-bond donors (Lipinski definition) is 0. The van der Waals surface area contributed by atoms with Crippen molar-refractivity contribution >= 4 is 5.91 Å². The minimum absolute atomic E-state index is 0.0872. The van der Waals surface area contributed by atoms with Gasteiger partial charge in [-0.1, -0.05) is 31.9 Å². The highest BCUT2D eigenvalue weighted by atomic mass is 16.5. The van der Waals surface area contributed by atoms with Gasteiger partial charge in [-0.05, 0) is 38.0 Å². The molecule has 1 aromatic carbocycles. The molecule has 3 heteroatoms. The molecule has 1 atom stereocenters. The van der Waals surface area contributed by atoms with E-state index in [4.69, 9.17) is 4.74 Å². The predicted octanol–water partition coefficient (Wildman–Crippen LogP) is 4.19. The van der Waals surface area contributed by atoms with Crippen molar-refractivity contribution < 1.29 is 9.53 Å². The fourth-order valence-electron chi connectivity index (χ4n) is 2.42. The number of nitrogens with zero attached hydrogens (tertiary/aromatic N) is 1. The van der Waals surface area contributed by atoms with Crippen molar-refractivity contribution in [2.24, 2.45) is 0 Å². The molecule has 112 valence electrons. The van der Waals surface area contributed by atoms with Crippen LogP contribution >= 0.6 is 0 Å². The molecule has 0 aliphatic heterocycles. The highest BCUT2D eigenvalue weighted by molar-refractivity contribution is 5.76. The quantitative estimate of drug-likeness (QED) is 0.667. The largest absolute Gasteiger partial charge is 0.497 e. The number of carbonyl (C=O) groups excluding carboxylic acids is 1. The standard InChI is InChI=1S/C17H27NO2/c1-5-7-8-12-17(19)18(6-2)14(3)15-10-9-11-16(13-15)20-4/h9-11,13-14H,5-8,12H2,1-4H3. The molecule has 0 aliphatic rings. The van der Waals surface area contributed by atoms with Crippen LogP contribution in [-0.2, 0) is 4.79 Å². The van der Waals surface area contributed by atoms with Gasteiger partial charge >= 0.3 is 0 Å². The van der Waals surface area contributed by atoms with Crippen LogP contribution in [0.2, 0.25) is 0 Å². The molecule has 1 rings (SSSR count). The topological polar surface area (TPSA) is 29.5 Å². The normalized spacial score (nSPS) is 12.0. The second-order valence-corrected chi connectivity index (χ2v) is 5.09. The van der Waals surface area contributed by atoms with Crippen molar-refractivity contribution in [3.8, 4) is 5.75 Å². The zero-order valence-corrected chi connectivity index (χ0v) is 13.2. The number of methoxy groups -OCH3 is 1. The minimum Gasteiger partial charge on any atom is -0.497 e. The Morgan fingerprint density at radius 1 is 1.30 bits per heavy atom. The maximum atomic E-state index is 12.3. The second kappa shape index (κ2) is 8.62. The van der Waals surface area contributed by atoms with Gasteiger partial charge in [0.15, 0.2) is 0 Å². The van der Waals surface area contributed by atoms with E-state index in [-0.39, 0.29) is 11.9 Å². The highest BCUT2D eigenvalue weighted by Gasteiger charge is 2.19. The SMILES string of the molecule is CCCCCC(=O)N(CC)C(C)c1cccc(OC)c1. The van der Waals surface area contributed by atoms with Crippen molar-refractivity contribution in [1.82, 2.24) is 4.90 Å². The maximum Gasteiger partial charge on any atom is 0.223 e. The van der Waals surface area contributed by atoms with Gasteiger partial charge in [-0.25, -0.2) is 0 Å². The van der Waals surface area contributed by atoms with Crippen LogP contribution in [0.25, 0.3) is 0 Å². The average Bonchev–Trinajstić information content (AvgIpc) is 2.48. The molecule has 0 bridgehead atoms. The lowest BCUT2D eigenvalue weighted by Crippen LogP contribution is -2.33. The van der Waals surface area contributed by atoms with Gasteiger partial charge in [0.05, 0.1) is 13.2 Å². The summed E-state index contributed by atoms with van der Waals surface area (Å²) in [7, 11) is 1.66. The summed E-state index contributed by atoms with van der Waals surface area (Å²) in [6, 6.07) is 8.04. The predicted molar refractivity (Wildman–Crippen MR) is 82.9 cm³/mol. The number of unbranched alkanes of at least 4 members (excludes halogenated alkanes) is 2. The van der Waals surface area contributed by atoms with Crippen LogP contribution in [0.4, 0.5) is 0 Å². The number of amides is 1. The van der Waals surface area contributed by atoms with Crippen LogP contribution in [0.3, 0.4) is 0 Å². The van der Waals surface area contributed by atoms with Crippen LogP contribution in [0, 0.1) is 0 Å². The van der Waals surface area contributed by atoms with Gasteiger partial charge in [0, 0.05) is 13.0 Å². The lowest BCUT2D eigenvalue weighted by Gasteiger charge is -2.28. The molecule has 0 saturated carbocycles. The third kappa shape index (κ3) is 4.55. The monoisotopic (exact) mass is 277 g/mol. The smallest absolute Gasteiger partial charge is 0.223 e. The van der Waals surface area contributed by atoms with E-state index in [1.165, 1.54) is 0 Å². The van der Waals surface area contributed by atoms with E-state index < -0.39 is 0 Å². The highest BCUT2D eigenvalue weighted by Crippen LogP contribution is 2.24. The Kier molecular flexibility index (Phi) is 7.13. The lowest BCUT2D eigenvalue weighted by molar-refractivity contribution is -0.133. The molecule has 0 N–H and O–H groups in total. The number of hydrogen-bond acceptors (Lipinski definition) is 2. The summed E-state index contributed by atoms with van der Waals surface area (Å²) in [5.74, 6) is 1.08. The molecule has 0 aliphatic carbocycles. The van der Waals surface area contributed by atoms with Crippen LogP contribution < -0.4 is 4.74 Å². The Bertz CT molecular complexity index is 417. The molecule has 3 nitrogen and oxygen atoms in total. The molecular weight excluding hydrogens is 250 g/mol. The van der Waals surface area contributed by atoms with E-state index in [0.717, 1.165) is 37.1 Å². The molecule has 0 saturated heterocycles. The van der Waals surface area contributed by atoms with Crippen LogP contribution in [0.1, 0.15) is 58.1 Å². The Hall–Kier alpha value is -1.51. The third-order valence-corrected chi connectivity index (χ3v) is 3.70. The molecule has 0 radical (unpaired) electrons. The van der Waals surface area contributed by atoms with E-state index in [1.807, 2.05) is 30.0 Å². The first-order chi connectivity index (χ1) is 9.63. The number of ether oxygens (including phenoxy) is 1. The van der Waals surface area contributed by atoms with E-state index in [1.54, 1.807) is 7.11 Å². The van der Waals surface area contributed by atoms with Gasteiger partial charge in [0.1, 0.15) is 5.75 Å². The molecule has 1 unspecified atom stereocenters. The molecule has 0 aromatic heterocycles. The van der Waals surface area contributed by atoms with Gasteiger partial charge in [-0.3, -0.25) is 4.79 Å². The minimum atomic E-state index is 0.0872. The summed E-state index contributed by atoms with van der Waals surface area (Å²) in [5.41, 5.74) is 1.12. The van der Waals surface area contributed by atoms with Gasteiger partial charge < -0.3 is 9.64 Å². The fraction of sp³-hybridized carbons (Fsp3) is 0.588. The van der Waals surface area contributed by atoms with Crippen molar-refractivity contribution in [2.75, 3.05) is 13.7 Å². The molecule has 0 fully saturated rings. The fourth-order valence-corrected chi connectivity index (χ4v) is 2.42. The van der Waals surface area contributed by atoms with Crippen LogP contribution in [0.15, 0.2) is 24.3 Å². The summed E-state index contributed by atoms with van der Waals surface area (Å²) >= 11 is 0. The zero-order valence-electron chi connectivity index (χ0n) is 13.2.